The zero-order valence-electron chi connectivity index (χ0n) is 23.7. The first-order valence-corrected chi connectivity index (χ1v) is 17.1. The van der Waals surface area contributed by atoms with E-state index in [1.165, 1.54) is 32.9 Å². The normalized spacial score (nSPS) is 18.2. The minimum absolute atomic E-state index is 0.116. The van der Waals surface area contributed by atoms with Crippen molar-refractivity contribution in [1.29, 1.82) is 0 Å². The predicted octanol–water partition coefficient (Wildman–Crippen LogP) is 4.28. The molecular weight excluding hydrogens is 564 g/mol. The van der Waals surface area contributed by atoms with Crippen molar-refractivity contribution in [2.45, 2.75) is 68.6 Å². The van der Waals surface area contributed by atoms with E-state index < -0.39 is 20.0 Å². The zero-order valence-corrected chi connectivity index (χ0v) is 25.3. The van der Waals surface area contributed by atoms with Gasteiger partial charge in [0.2, 0.25) is 31.9 Å². The molecule has 0 radical (unpaired) electrons. The van der Waals surface area contributed by atoms with Crippen LogP contribution in [0, 0.1) is 11.8 Å². The molecule has 2 N–H and O–H groups in total. The Morgan fingerprint density at radius 1 is 0.634 bits per heavy atom. The van der Waals surface area contributed by atoms with Gasteiger partial charge in [-0.2, -0.15) is 8.61 Å². The van der Waals surface area contributed by atoms with Gasteiger partial charge in [-0.3, -0.25) is 9.59 Å². The third kappa shape index (κ3) is 8.15. The third-order valence-electron chi connectivity index (χ3n) is 7.84. The van der Waals surface area contributed by atoms with Crippen LogP contribution in [-0.4, -0.2) is 63.4 Å². The van der Waals surface area contributed by atoms with Crippen LogP contribution in [0.5, 0.6) is 0 Å². The molecule has 10 nitrogen and oxygen atoms in total. The van der Waals surface area contributed by atoms with Crippen LogP contribution in [0.2, 0.25) is 0 Å². The van der Waals surface area contributed by atoms with Crippen LogP contribution in [0.15, 0.2) is 58.3 Å². The number of anilines is 2. The lowest BCUT2D eigenvalue weighted by Gasteiger charge is -2.29. The largest absolute Gasteiger partial charge is 0.326 e. The Morgan fingerprint density at radius 2 is 0.951 bits per heavy atom. The van der Waals surface area contributed by atoms with Crippen LogP contribution in [-0.2, 0) is 29.6 Å². The van der Waals surface area contributed by atoms with Crippen molar-refractivity contribution < 1.29 is 26.4 Å². The van der Waals surface area contributed by atoms with Gasteiger partial charge >= 0.3 is 0 Å². The number of nitrogens with zero attached hydrogens (tertiary/aromatic N) is 2. The van der Waals surface area contributed by atoms with Crippen LogP contribution in [0.1, 0.15) is 58.8 Å². The molecule has 2 fully saturated rings. The second-order valence-corrected chi connectivity index (χ2v) is 15.0. The van der Waals surface area contributed by atoms with Crippen LogP contribution < -0.4 is 10.6 Å². The van der Waals surface area contributed by atoms with E-state index in [0.717, 1.165) is 25.7 Å². The number of benzene rings is 2. The summed E-state index contributed by atoms with van der Waals surface area (Å²) in [6.07, 6.45) is 3.94. The molecule has 4 rings (SSSR count). The third-order valence-corrected chi connectivity index (χ3v) is 11.7. The number of hydrogen-bond donors (Lipinski definition) is 2. The van der Waals surface area contributed by atoms with Crippen molar-refractivity contribution in [2.75, 3.05) is 36.8 Å². The highest BCUT2D eigenvalue weighted by Gasteiger charge is 2.29. The van der Waals surface area contributed by atoms with Crippen LogP contribution in [0.4, 0.5) is 11.4 Å². The molecule has 0 aliphatic carbocycles. The van der Waals surface area contributed by atoms with Crippen molar-refractivity contribution in [2.24, 2.45) is 11.8 Å². The molecule has 2 saturated heterocycles. The molecule has 0 saturated carbocycles. The Bertz CT molecular complexity index is 1300. The fourth-order valence-electron chi connectivity index (χ4n) is 5.03. The lowest BCUT2D eigenvalue weighted by atomic mass is 10.0. The number of nitrogens with one attached hydrogen (secondary N) is 2. The fourth-order valence-corrected chi connectivity index (χ4v) is 7.97. The molecule has 2 amide bonds. The predicted molar refractivity (Wildman–Crippen MR) is 158 cm³/mol. The van der Waals surface area contributed by atoms with Crippen molar-refractivity contribution in [1.82, 2.24) is 8.61 Å². The molecule has 224 valence electrons. The second-order valence-electron chi connectivity index (χ2n) is 11.2. The molecule has 0 aromatic heterocycles. The number of carbonyl (C=O) groups excluding carboxylic acids is 2. The fraction of sp³-hybridized carbons (Fsp3) is 0.517. The summed E-state index contributed by atoms with van der Waals surface area (Å²) >= 11 is 0. The van der Waals surface area contributed by atoms with E-state index >= 15 is 0 Å². The van der Waals surface area contributed by atoms with E-state index in [1.54, 1.807) is 24.3 Å². The monoisotopic (exact) mass is 604 g/mol. The molecule has 2 aromatic carbocycles. The van der Waals surface area contributed by atoms with Gasteiger partial charge in [0.05, 0.1) is 9.79 Å². The molecule has 2 aliphatic heterocycles. The van der Waals surface area contributed by atoms with Gasteiger partial charge in [-0.25, -0.2) is 16.8 Å². The number of carbonyl (C=O) groups is 2. The molecule has 2 heterocycles. The number of amides is 2. The summed E-state index contributed by atoms with van der Waals surface area (Å²) in [5.41, 5.74) is 0.972. The summed E-state index contributed by atoms with van der Waals surface area (Å²) < 4.78 is 54.5. The van der Waals surface area contributed by atoms with Gasteiger partial charge in [0.15, 0.2) is 0 Å². The Balaban J connectivity index is 1.20. The smallest absolute Gasteiger partial charge is 0.243 e. The summed E-state index contributed by atoms with van der Waals surface area (Å²) in [6, 6.07) is 12.3. The van der Waals surface area contributed by atoms with Gasteiger partial charge in [-0.1, -0.05) is 13.8 Å². The van der Waals surface area contributed by atoms with Gasteiger partial charge < -0.3 is 10.6 Å². The minimum atomic E-state index is -3.55. The van der Waals surface area contributed by atoms with Gasteiger partial charge in [0.1, 0.15) is 0 Å². The highest BCUT2D eigenvalue weighted by atomic mass is 32.2. The molecule has 41 heavy (non-hydrogen) atoms. The molecular formula is C29H40N4O6S2. The van der Waals surface area contributed by atoms with Gasteiger partial charge in [-0.15, -0.1) is 0 Å². The highest BCUT2D eigenvalue weighted by molar-refractivity contribution is 7.89. The first-order valence-electron chi connectivity index (χ1n) is 14.3. The maximum atomic E-state index is 12.9. The Hall–Kier alpha value is -2.80. The standard InChI is InChI=1S/C29H40N4O6S2/c1-22-14-18-32(19-15-22)40(36,37)26-10-6-24(7-11-26)30-28(34)4-3-5-29(35)31-25-8-12-27(13-9-25)41(38,39)33-20-16-23(2)17-21-33/h6-13,22-23H,3-5,14-21H2,1-2H3,(H,30,34)(H,31,35). The Labute approximate surface area is 243 Å². The average molecular weight is 605 g/mol. The maximum Gasteiger partial charge on any atom is 0.243 e. The van der Waals surface area contributed by atoms with Crippen LogP contribution in [0.25, 0.3) is 0 Å². The molecule has 2 aliphatic rings. The maximum absolute atomic E-state index is 12.9. The molecule has 2 aromatic rings. The first-order chi connectivity index (χ1) is 19.4. The average Bonchev–Trinajstić information content (AvgIpc) is 2.94. The van der Waals surface area contributed by atoms with E-state index in [0.29, 0.717) is 55.8 Å². The van der Waals surface area contributed by atoms with E-state index in [-0.39, 0.29) is 34.4 Å². The lowest BCUT2D eigenvalue weighted by molar-refractivity contribution is -0.117. The molecule has 0 atom stereocenters. The summed E-state index contributed by atoms with van der Waals surface area (Å²) in [4.78, 5) is 25.1. The summed E-state index contributed by atoms with van der Waals surface area (Å²) in [5.74, 6) is 0.493. The topological polar surface area (TPSA) is 133 Å². The number of hydrogen-bond acceptors (Lipinski definition) is 6. The number of rotatable bonds is 10. The van der Waals surface area contributed by atoms with Gasteiger partial charge in [0.25, 0.3) is 0 Å². The van der Waals surface area contributed by atoms with Crippen LogP contribution in [0.3, 0.4) is 0 Å². The second kappa shape index (κ2) is 13.5. The number of piperidine rings is 2. The molecule has 12 heteroatoms. The lowest BCUT2D eigenvalue weighted by Crippen LogP contribution is -2.37. The van der Waals surface area contributed by atoms with Crippen molar-refractivity contribution in [3.8, 4) is 0 Å². The molecule has 0 spiro atoms. The van der Waals surface area contributed by atoms with E-state index in [2.05, 4.69) is 24.5 Å². The molecule has 0 bridgehead atoms. The van der Waals surface area contributed by atoms with Crippen molar-refractivity contribution in [3.05, 3.63) is 48.5 Å². The number of sulfonamides is 2. The minimum Gasteiger partial charge on any atom is -0.326 e. The summed E-state index contributed by atoms with van der Waals surface area (Å²) in [7, 11) is -7.11. The quantitative estimate of drug-likeness (QED) is 0.416. The highest BCUT2D eigenvalue weighted by Crippen LogP contribution is 2.26. The van der Waals surface area contributed by atoms with Gasteiger partial charge in [0, 0.05) is 50.4 Å². The summed E-state index contributed by atoms with van der Waals surface area (Å²) in [6.45, 7) is 6.31. The van der Waals surface area contributed by atoms with E-state index in [4.69, 9.17) is 0 Å². The molecule has 0 unspecified atom stereocenters. The Morgan fingerprint density at radius 3 is 1.27 bits per heavy atom. The first kappa shape index (κ1) is 31.1. The van der Waals surface area contributed by atoms with E-state index in [1.807, 2.05) is 0 Å². The van der Waals surface area contributed by atoms with Crippen LogP contribution >= 0.6 is 0 Å². The SMILES string of the molecule is CC1CCN(S(=O)(=O)c2ccc(NC(=O)CCCC(=O)Nc3ccc(S(=O)(=O)N4CCC(C)CC4)cc3)cc2)CC1. The van der Waals surface area contributed by atoms with Gasteiger partial charge in [-0.05, 0) is 92.5 Å². The van der Waals surface area contributed by atoms with Crippen molar-refractivity contribution >= 4 is 43.2 Å². The van der Waals surface area contributed by atoms with Crippen molar-refractivity contribution in [3.63, 3.8) is 0 Å². The van der Waals surface area contributed by atoms with E-state index in [9.17, 15) is 26.4 Å². The Kier molecular flexibility index (Phi) is 10.2. The zero-order chi connectivity index (χ0) is 29.6. The summed E-state index contributed by atoms with van der Waals surface area (Å²) in [5, 5.41) is 5.48.